The largest absolute Gasteiger partial charge is 0.447 e. The number of imide groups is 1. The first-order chi connectivity index (χ1) is 10.9. The second-order valence-electron chi connectivity index (χ2n) is 6.78. The van der Waals surface area contributed by atoms with Crippen LogP contribution in [0.15, 0.2) is 30.3 Å². The van der Waals surface area contributed by atoms with Gasteiger partial charge in [0.05, 0.1) is 12.6 Å². The molecule has 1 fully saturated rings. The number of carbonyl (C=O) groups is 2. The number of methoxy groups -OCH3 is 1. The molecule has 2 rings (SSSR count). The molecule has 2 amide bonds. The number of nitrogens with zero attached hydrogens (tertiary/aromatic N) is 1. The van der Waals surface area contributed by atoms with Crippen molar-refractivity contribution in [2.75, 3.05) is 20.3 Å². The van der Waals surface area contributed by atoms with Gasteiger partial charge >= 0.3 is 6.09 Å². The Kier molecular flexibility index (Phi) is 5.77. The fourth-order valence-corrected chi connectivity index (χ4v) is 2.83. The van der Waals surface area contributed by atoms with Crippen LogP contribution in [0.5, 0.6) is 0 Å². The Hall–Kier alpha value is -1.88. The van der Waals surface area contributed by atoms with Gasteiger partial charge in [-0.2, -0.15) is 0 Å². The molecule has 1 aromatic rings. The molecule has 1 heterocycles. The summed E-state index contributed by atoms with van der Waals surface area (Å²) in [5, 5.41) is 0. The van der Waals surface area contributed by atoms with E-state index in [1.54, 1.807) is 7.11 Å². The normalized spacial score (nSPS) is 18.1. The Bertz CT molecular complexity index is 541. The van der Waals surface area contributed by atoms with Crippen molar-refractivity contribution in [2.24, 2.45) is 5.41 Å². The average molecular weight is 319 g/mol. The third-order valence-corrected chi connectivity index (χ3v) is 4.09. The molecule has 0 N–H and O–H groups in total. The monoisotopic (exact) mass is 319 g/mol. The Labute approximate surface area is 137 Å². The van der Waals surface area contributed by atoms with Gasteiger partial charge in [0.25, 0.3) is 0 Å². The van der Waals surface area contributed by atoms with Crippen LogP contribution in [0, 0.1) is 5.41 Å². The predicted octanol–water partition coefficient (Wildman–Crippen LogP) is 3.03. The number of ether oxygens (including phenoxy) is 2. The molecule has 0 aliphatic carbocycles. The van der Waals surface area contributed by atoms with Gasteiger partial charge in [-0.3, -0.25) is 4.79 Å². The molecule has 126 valence electrons. The van der Waals surface area contributed by atoms with Crippen LogP contribution in [0.4, 0.5) is 4.79 Å². The summed E-state index contributed by atoms with van der Waals surface area (Å²) in [5.74, 6) is -0.169. The van der Waals surface area contributed by atoms with Crippen molar-refractivity contribution in [3.63, 3.8) is 0 Å². The number of rotatable bonds is 7. The maximum Gasteiger partial charge on any atom is 0.416 e. The van der Waals surface area contributed by atoms with Crippen LogP contribution in [0.1, 0.15) is 32.3 Å². The van der Waals surface area contributed by atoms with Gasteiger partial charge in [-0.05, 0) is 23.8 Å². The second-order valence-corrected chi connectivity index (χ2v) is 6.78. The number of benzene rings is 1. The van der Waals surface area contributed by atoms with Gasteiger partial charge < -0.3 is 9.47 Å². The molecule has 5 heteroatoms. The van der Waals surface area contributed by atoms with Gasteiger partial charge in [0.2, 0.25) is 5.91 Å². The van der Waals surface area contributed by atoms with Crippen LogP contribution in [0.25, 0.3) is 0 Å². The Balaban J connectivity index is 1.97. The van der Waals surface area contributed by atoms with E-state index in [4.69, 9.17) is 9.47 Å². The first-order valence-electron chi connectivity index (χ1n) is 7.94. The summed E-state index contributed by atoms with van der Waals surface area (Å²) in [7, 11) is 1.65. The fourth-order valence-electron chi connectivity index (χ4n) is 2.83. The van der Waals surface area contributed by atoms with E-state index in [9.17, 15) is 9.59 Å². The maximum atomic E-state index is 12.5. The van der Waals surface area contributed by atoms with Gasteiger partial charge in [-0.25, -0.2) is 9.69 Å². The Morgan fingerprint density at radius 2 is 2.04 bits per heavy atom. The molecule has 0 radical (unpaired) electrons. The van der Waals surface area contributed by atoms with Crippen LogP contribution >= 0.6 is 0 Å². The molecule has 1 aliphatic rings. The summed E-state index contributed by atoms with van der Waals surface area (Å²) in [6.07, 6.45) is 1.08. The third kappa shape index (κ3) is 4.79. The van der Waals surface area contributed by atoms with Crippen molar-refractivity contribution in [1.29, 1.82) is 0 Å². The smallest absolute Gasteiger partial charge is 0.416 e. The van der Waals surface area contributed by atoms with E-state index >= 15 is 0 Å². The van der Waals surface area contributed by atoms with Crippen LogP contribution < -0.4 is 0 Å². The van der Waals surface area contributed by atoms with E-state index in [1.807, 2.05) is 44.2 Å². The zero-order valence-corrected chi connectivity index (χ0v) is 14.1. The fraction of sp³-hybridized carbons (Fsp3) is 0.556. The predicted molar refractivity (Wildman–Crippen MR) is 87.0 cm³/mol. The zero-order valence-electron chi connectivity index (χ0n) is 14.1. The molecule has 0 unspecified atom stereocenters. The second kappa shape index (κ2) is 7.59. The first kappa shape index (κ1) is 17.5. The summed E-state index contributed by atoms with van der Waals surface area (Å²) in [5.41, 5.74) is 0.997. The van der Waals surface area contributed by atoms with E-state index in [2.05, 4.69) is 0 Å². The summed E-state index contributed by atoms with van der Waals surface area (Å²) < 4.78 is 10.3. The average Bonchev–Trinajstić information content (AvgIpc) is 2.87. The molecule has 23 heavy (non-hydrogen) atoms. The number of hydrogen-bond acceptors (Lipinski definition) is 4. The highest BCUT2D eigenvalue weighted by Gasteiger charge is 2.38. The summed E-state index contributed by atoms with van der Waals surface area (Å²) >= 11 is 0. The lowest BCUT2D eigenvalue weighted by Gasteiger charge is -2.25. The lowest BCUT2D eigenvalue weighted by Crippen LogP contribution is -2.40. The zero-order chi connectivity index (χ0) is 16.9. The highest BCUT2D eigenvalue weighted by Crippen LogP contribution is 2.25. The van der Waals surface area contributed by atoms with Gasteiger partial charge in [0.1, 0.15) is 6.61 Å². The standard InChI is InChI=1S/C18H25NO4/c1-18(2,13-22-3)10-9-16(20)19-15(12-23-17(19)21)11-14-7-5-4-6-8-14/h4-8,15H,9-13H2,1-3H3/t15-/m0/s1. The van der Waals surface area contributed by atoms with E-state index in [0.717, 1.165) is 5.56 Å². The molecule has 0 aromatic heterocycles. The molecule has 0 spiro atoms. The highest BCUT2D eigenvalue weighted by molar-refractivity contribution is 5.93. The molecule has 1 saturated heterocycles. The number of carbonyl (C=O) groups excluding carboxylic acids is 2. The van der Waals surface area contributed by atoms with E-state index in [-0.39, 0.29) is 24.0 Å². The van der Waals surface area contributed by atoms with Gasteiger partial charge in [-0.15, -0.1) is 0 Å². The molecule has 5 nitrogen and oxygen atoms in total. The van der Waals surface area contributed by atoms with Crippen LogP contribution in [0.3, 0.4) is 0 Å². The van der Waals surface area contributed by atoms with Crippen LogP contribution in [0.2, 0.25) is 0 Å². The van der Waals surface area contributed by atoms with Gasteiger partial charge in [-0.1, -0.05) is 44.2 Å². The highest BCUT2D eigenvalue weighted by atomic mass is 16.6. The lowest BCUT2D eigenvalue weighted by atomic mass is 9.88. The number of hydrogen-bond donors (Lipinski definition) is 0. The van der Waals surface area contributed by atoms with E-state index in [0.29, 0.717) is 25.9 Å². The SMILES string of the molecule is COCC(C)(C)CCC(=O)N1C(=O)OC[C@@H]1Cc1ccccc1. The molecular weight excluding hydrogens is 294 g/mol. The van der Waals surface area contributed by atoms with Gasteiger partial charge in [0, 0.05) is 13.5 Å². The van der Waals surface area contributed by atoms with Gasteiger partial charge in [0.15, 0.2) is 0 Å². The van der Waals surface area contributed by atoms with Crippen molar-refractivity contribution in [3.8, 4) is 0 Å². The molecule has 1 aliphatic heterocycles. The van der Waals surface area contributed by atoms with Crippen LogP contribution in [-0.2, 0) is 20.7 Å². The molecular formula is C18H25NO4. The summed E-state index contributed by atoms with van der Waals surface area (Å²) in [6, 6.07) is 9.61. The molecule has 0 bridgehead atoms. The van der Waals surface area contributed by atoms with Crippen molar-refractivity contribution >= 4 is 12.0 Å². The van der Waals surface area contributed by atoms with Crippen molar-refractivity contribution in [2.45, 2.75) is 39.2 Å². The Morgan fingerprint density at radius 3 is 2.70 bits per heavy atom. The quantitative estimate of drug-likeness (QED) is 0.775. The van der Waals surface area contributed by atoms with Crippen LogP contribution in [-0.4, -0.2) is 43.3 Å². The molecule has 0 saturated carbocycles. The summed E-state index contributed by atoms with van der Waals surface area (Å²) in [6.45, 7) is 4.94. The van der Waals surface area contributed by atoms with E-state index in [1.165, 1.54) is 4.90 Å². The van der Waals surface area contributed by atoms with Crippen molar-refractivity contribution in [3.05, 3.63) is 35.9 Å². The number of amides is 2. The third-order valence-electron chi connectivity index (χ3n) is 4.09. The minimum absolute atomic E-state index is 0.0943. The van der Waals surface area contributed by atoms with Crippen molar-refractivity contribution < 1.29 is 19.1 Å². The Morgan fingerprint density at radius 1 is 1.35 bits per heavy atom. The topological polar surface area (TPSA) is 55.8 Å². The lowest BCUT2D eigenvalue weighted by molar-refractivity contribution is -0.129. The molecule has 1 atom stereocenters. The minimum Gasteiger partial charge on any atom is -0.447 e. The molecule has 1 aromatic carbocycles. The minimum atomic E-state index is -0.527. The number of cyclic esters (lactones) is 1. The van der Waals surface area contributed by atoms with E-state index < -0.39 is 6.09 Å². The van der Waals surface area contributed by atoms with Crippen molar-refractivity contribution in [1.82, 2.24) is 4.90 Å². The summed E-state index contributed by atoms with van der Waals surface area (Å²) in [4.78, 5) is 25.7. The maximum absolute atomic E-state index is 12.5. The first-order valence-corrected chi connectivity index (χ1v) is 7.94.